The monoisotopic (exact) mass is 372 g/mol. The number of rotatable bonds is 5. The maximum atomic E-state index is 12.7. The molecule has 5 N–H and O–H groups in total. The molecule has 0 aliphatic rings. The average molecular weight is 372 g/mol. The summed E-state index contributed by atoms with van der Waals surface area (Å²) < 4.78 is 39.5. The molecule has 0 bridgehead atoms. The normalized spacial score (nSPS) is 12.5. The summed E-state index contributed by atoms with van der Waals surface area (Å²) in [7, 11) is 3.39. The minimum absolute atomic E-state index is 0.0423. The molecule has 0 atom stereocenters. The van der Waals surface area contributed by atoms with Gasteiger partial charge in [0.1, 0.15) is 22.9 Å². The van der Waals surface area contributed by atoms with Gasteiger partial charge in [0.05, 0.1) is 11.9 Å². The van der Waals surface area contributed by atoms with Crippen LogP contribution in [0.5, 0.6) is 0 Å². The number of nitrogens with two attached hydrogens (primary N) is 2. The van der Waals surface area contributed by atoms with Crippen LogP contribution in [-0.4, -0.2) is 33.5 Å². The van der Waals surface area contributed by atoms with E-state index in [1.807, 2.05) is 13.0 Å². The smallest absolute Gasteiger partial charge is 0.395 e. The lowest BCUT2D eigenvalue weighted by Crippen LogP contribution is -2.19. The summed E-state index contributed by atoms with van der Waals surface area (Å²) in [6.45, 7) is 1.99. The van der Waals surface area contributed by atoms with E-state index >= 15 is 0 Å². The number of thioether (sulfide) groups is 1. The third-order valence-corrected chi connectivity index (χ3v) is 4.35. The third kappa shape index (κ3) is 4.01. The molecule has 2 rings (SSSR count). The topological polar surface area (TPSA) is 94.8 Å². The number of hydrogen-bond acceptors (Lipinski definition) is 6. The standard InChI is InChI=1S/C15H19F3N6S/c1-4-25-10-5-8(21-2)7-22-12(10)14-23-9(13(20)24(14)3)6-11(19)15(16,17)18/h5-7,21H,4,19-20H2,1-3H3/b11-6-. The van der Waals surface area contributed by atoms with Gasteiger partial charge in [-0.05, 0) is 17.9 Å². The van der Waals surface area contributed by atoms with Gasteiger partial charge in [-0.2, -0.15) is 13.2 Å². The Bertz CT molecular complexity index is 797. The molecule has 0 aromatic carbocycles. The van der Waals surface area contributed by atoms with Crippen molar-refractivity contribution in [1.82, 2.24) is 14.5 Å². The molecular formula is C15H19F3N6S. The lowest BCUT2D eigenvalue weighted by atomic mass is 10.3. The highest BCUT2D eigenvalue weighted by molar-refractivity contribution is 7.99. The minimum Gasteiger partial charge on any atom is -0.395 e. The fraction of sp³-hybridized carbons (Fsp3) is 0.333. The predicted octanol–water partition coefficient (Wildman–Crippen LogP) is 3.08. The molecule has 0 unspecified atom stereocenters. The van der Waals surface area contributed by atoms with Crippen LogP contribution in [0.15, 0.2) is 22.9 Å². The molecule has 10 heteroatoms. The number of anilines is 2. The van der Waals surface area contributed by atoms with Gasteiger partial charge in [-0.25, -0.2) is 9.97 Å². The van der Waals surface area contributed by atoms with Crippen molar-refractivity contribution >= 4 is 29.3 Å². The van der Waals surface area contributed by atoms with Gasteiger partial charge in [0, 0.05) is 19.0 Å². The van der Waals surface area contributed by atoms with Crippen molar-refractivity contribution in [3.05, 3.63) is 23.7 Å². The Labute approximate surface area is 147 Å². The Kier molecular flexibility index (Phi) is 5.51. The largest absolute Gasteiger partial charge is 0.430 e. The van der Waals surface area contributed by atoms with Crippen LogP contribution in [0, 0.1) is 0 Å². The summed E-state index contributed by atoms with van der Waals surface area (Å²) in [5.74, 6) is 1.25. The van der Waals surface area contributed by atoms with Gasteiger partial charge in [-0.15, -0.1) is 11.8 Å². The maximum absolute atomic E-state index is 12.7. The zero-order valence-electron chi connectivity index (χ0n) is 14.0. The van der Waals surface area contributed by atoms with Crippen molar-refractivity contribution in [2.75, 3.05) is 23.9 Å². The van der Waals surface area contributed by atoms with Gasteiger partial charge in [0.25, 0.3) is 0 Å². The molecule has 0 amide bonds. The number of pyridine rings is 1. The van der Waals surface area contributed by atoms with Gasteiger partial charge in [-0.3, -0.25) is 0 Å². The van der Waals surface area contributed by atoms with Crippen molar-refractivity contribution in [2.45, 2.75) is 18.0 Å². The van der Waals surface area contributed by atoms with Gasteiger partial charge >= 0.3 is 6.18 Å². The lowest BCUT2D eigenvalue weighted by Gasteiger charge is -2.10. The lowest BCUT2D eigenvalue weighted by molar-refractivity contribution is -0.0916. The van der Waals surface area contributed by atoms with Gasteiger partial charge in [-0.1, -0.05) is 6.92 Å². The molecule has 2 aromatic heterocycles. The van der Waals surface area contributed by atoms with Crippen LogP contribution in [0.25, 0.3) is 17.6 Å². The fourth-order valence-electron chi connectivity index (χ4n) is 2.09. The minimum atomic E-state index is -4.64. The number of nitrogens with zero attached hydrogens (tertiary/aromatic N) is 3. The van der Waals surface area contributed by atoms with Gasteiger partial charge in [0.2, 0.25) is 0 Å². The summed E-state index contributed by atoms with van der Waals surface area (Å²) in [5, 5.41) is 3.00. The predicted molar refractivity (Wildman–Crippen MR) is 95.0 cm³/mol. The van der Waals surface area contributed by atoms with E-state index < -0.39 is 11.9 Å². The SMILES string of the molecule is CCSc1cc(NC)cnc1-c1nc(/C=C(\N)C(F)(F)F)c(N)n1C. The molecule has 0 aliphatic heterocycles. The second kappa shape index (κ2) is 7.26. The first-order valence-corrected chi connectivity index (χ1v) is 8.35. The van der Waals surface area contributed by atoms with Crippen LogP contribution in [0.2, 0.25) is 0 Å². The zero-order chi connectivity index (χ0) is 18.8. The molecule has 0 saturated carbocycles. The molecular weight excluding hydrogens is 353 g/mol. The number of aromatic nitrogens is 3. The number of halogens is 3. The highest BCUT2D eigenvalue weighted by atomic mass is 32.2. The molecule has 0 radical (unpaired) electrons. The summed E-state index contributed by atoms with van der Waals surface area (Å²) >= 11 is 1.55. The number of imidazole rings is 1. The zero-order valence-corrected chi connectivity index (χ0v) is 14.8. The molecule has 6 nitrogen and oxygen atoms in total. The molecule has 2 heterocycles. The first-order valence-electron chi connectivity index (χ1n) is 7.36. The number of nitrogen functional groups attached to an aromatic ring is 1. The summed E-state index contributed by atoms with van der Waals surface area (Å²) in [6.07, 6.45) is -2.28. The van der Waals surface area contributed by atoms with Crippen molar-refractivity contribution in [1.29, 1.82) is 0 Å². The summed E-state index contributed by atoms with van der Waals surface area (Å²) in [4.78, 5) is 9.45. The molecule has 0 fully saturated rings. The molecule has 25 heavy (non-hydrogen) atoms. The van der Waals surface area contributed by atoms with Crippen molar-refractivity contribution in [3.63, 3.8) is 0 Å². The Morgan fingerprint density at radius 1 is 1.44 bits per heavy atom. The van der Waals surface area contributed by atoms with Crippen molar-refractivity contribution in [3.8, 4) is 11.5 Å². The maximum Gasteiger partial charge on any atom is 0.430 e. The van der Waals surface area contributed by atoms with E-state index in [0.717, 1.165) is 22.4 Å². The number of allylic oxidation sites excluding steroid dienone is 1. The molecule has 0 aliphatic carbocycles. The Morgan fingerprint density at radius 2 is 2.12 bits per heavy atom. The average Bonchev–Trinajstić information content (AvgIpc) is 2.82. The van der Waals surface area contributed by atoms with Crippen molar-refractivity contribution in [2.24, 2.45) is 12.8 Å². The quantitative estimate of drug-likeness (QED) is 0.698. The van der Waals surface area contributed by atoms with Crippen LogP contribution < -0.4 is 16.8 Å². The first-order chi connectivity index (χ1) is 11.7. The molecule has 0 spiro atoms. The van der Waals surface area contributed by atoms with E-state index in [4.69, 9.17) is 11.5 Å². The van der Waals surface area contributed by atoms with E-state index in [9.17, 15) is 13.2 Å². The summed E-state index contributed by atoms with van der Waals surface area (Å²) in [6, 6.07) is 1.90. The number of hydrogen-bond donors (Lipinski definition) is 3. The number of alkyl halides is 3. The molecule has 2 aromatic rings. The highest BCUT2D eigenvalue weighted by Gasteiger charge is 2.32. The number of nitrogens with one attached hydrogen (secondary N) is 1. The van der Waals surface area contributed by atoms with Crippen LogP contribution >= 0.6 is 11.8 Å². The van der Waals surface area contributed by atoms with Gasteiger partial charge < -0.3 is 21.4 Å². The highest BCUT2D eigenvalue weighted by Crippen LogP contribution is 2.33. The molecule has 136 valence electrons. The van der Waals surface area contributed by atoms with Crippen LogP contribution in [0.4, 0.5) is 24.7 Å². The Hall–Kier alpha value is -2.36. The Morgan fingerprint density at radius 3 is 2.68 bits per heavy atom. The van der Waals surface area contributed by atoms with Crippen LogP contribution in [0.3, 0.4) is 0 Å². The van der Waals surface area contributed by atoms with Gasteiger partial charge in [0.15, 0.2) is 5.82 Å². The molecule has 0 saturated heterocycles. The second-order valence-electron chi connectivity index (χ2n) is 5.12. The van der Waals surface area contributed by atoms with Crippen LogP contribution in [0.1, 0.15) is 12.6 Å². The third-order valence-electron chi connectivity index (χ3n) is 3.44. The first kappa shape index (κ1) is 19.0. The van der Waals surface area contributed by atoms with E-state index in [0.29, 0.717) is 11.5 Å². The van der Waals surface area contributed by atoms with E-state index in [1.165, 1.54) is 4.57 Å². The summed E-state index contributed by atoms with van der Waals surface area (Å²) in [5.41, 5.74) is 11.0. The van der Waals surface area contributed by atoms with E-state index in [-0.39, 0.29) is 11.5 Å². The fourth-order valence-corrected chi connectivity index (χ4v) is 2.90. The van der Waals surface area contributed by atoms with Crippen LogP contribution in [-0.2, 0) is 7.05 Å². The van der Waals surface area contributed by atoms with Crippen molar-refractivity contribution < 1.29 is 13.2 Å². The second-order valence-corrected chi connectivity index (χ2v) is 6.42. The van der Waals surface area contributed by atoms with E-state index in [1.54, 1.807) is 32.1 Å². The Balaban J connectivity index is 2.57. The van der Waals surface area contributed by atoms with E-state index in [2.05, 4.69) is 15.3 Å².